The molecule has 0 aliphatic carbocycles. The van der Waals surface area contributed by atoms with E-state index in [0.717, 1.165) is 12.8 Å². The second-order valence-electron chi connectivity index (χ2n) is 3.77. The van der Waals surface area contributed by atoms with Crippen LogP contribution in [0.4, 0.5) is 0 Å². The van der Waals surface area contributed by atoms with E-state index in [2.05, 4.69) is 0 Å². The van der Waals surface area contributed by atoms with Crippen LogP contribution in [-0.4, -0.2) is 14.5 Å². The van der Waals surface area contributed by atoms with Crippen LogP contribution in [0, 0.1) is 5.92 Å². The van der Waals surface area contributed by atoms with Crippen molar-refractivity contribution in [3.63, 3.8) is 0 Å². The molecule has 0 saturated carbocycles. The van der Waals surface area contributed by atoms with Gasteiger partial charge in [-0.3, -0.25) is 0 Å². The molecule has 0 spiro atoms. The maximum atomic E-state index is 6.09. The Morgan fingerprint density at radius 1 is 1.00 bits per heavy atom. The van der Waals surface area contributed by atoms with Crippen molar-refractivity contribution in [2.75, 3.05) is 0 Å². The smallest absolute Gasteiger partial charge is 0.123 e. The Morgan fingerprint density at radius 3 is 1.86 bits per heavy atom. The highest BCUT2D eigenvalue weighted by Crippen LogP contribution is 2.35. The van der Waals surface area contributed by atoms with Gasteiger partial charge in [0.1, 0.15) is 0 Å². The number of rotatable bonds is 5. The first-order chi connectivity index (χ1) is 6.20. The summed E-state index contributed by atoms with van der Waals surface area (Å²) >= 11 is 28.9. The molecule has 5 heteroatoms. The molecule has 14 heavy (non-hydrogen) atoms. The standard InChI is InChI=1S/C9H15Cl5/c1-6(5-9(12,13)14)3-8(11)4-7(2)10/h6-8H,3-5H2,1-2H3. The van der Waals surface area contributed by atoms with Gasteiger partial charge in [-0.1, -0.05) is 41.7 Å². The lowest BCUT2D eigenvalue weighted by molar-refractivity contribution is 0.474. The molecule has 0 radical (unpaired) electrons. The van der Waals surface area contributed by atoms with Gasteiger partial charge in [-0.25, -0.2) is 0 Å². The van der Waals surface area contributed by atoms with Crippen molar-refractivity contribution in [3.8, 4) is 0 Å². The van der Waals surface area contributed by atoms with Crippen LogP contribution in [0.5, 0.6) is 0 Å². The average molecular weight is 300 g/mol. The molecule has 0 nitrogen and oxygen atoms in total. The van der Waals surface area contributed by atoms with E-state index in [-0.39, 0.29) is 10.8 Å². The second-order valence-corrected chi connectivity index (χ2v) is 7.65. The van der Waals surface area contributed by atoms with Crippen LogP contribution in [-0.2, 0) is 0 Å². The highest BCUT2D eigenvalue weighted by atomic mass is 35.6. The van der Waals surface area contributed by atoms with Gasteiger partial charge in [0.05, 0.1) is 0 Å². The molecule has 0 aromatic heterocycles. The van der Waals surface area contributed by atoms with Gasteiger partial charge in [-0.15, -0.1) is 23.2 Å². The first-order valence-electron chi connectivity index (χ1n) is 4.55. The van der Waals surface area contributed by atoms with Gasteiger partial charge >= 0.3 is 0 Å². The number of hydrogen-bond acceptors (Lipinski definition) is 0. The van der Waals surface area contributed by atoms with E-state index in [1.807, 2.05) is 13.8 Å². The molecule has 0 amide bonds. The summed E-state index contributed by atoms with van der Waals surface area (Å²) in [6.45, 7) is 3.95. The van der Waals surface area contributed by atoms with E-state index in [9.17, 15) is 0 Å². The fourth-order valence-electron chi connectivity index (χ4n) is 1.36. The minimum absolute atomic E-state index is 0.0600. The zero-order chi connectivity index (χ0) is 11.4. The maximum Gasteiger partial charge on any atom is 0.190 e. The largest absolute Gasteiger partial charge is 0.190 e. The minimum Gasteiger partial charge on any atom is -0.123 e. The molecule has 0 saturated heterocycles. The van der Waals surface area contributed by atoms with Gasteiger partial charge in [0, 0.05) is 10.8 Å². The number of alkyl halides is 5. The Kier molecular flexibility index (Phi) is 7.63. The van der Waals surface area contributed by atoms with Gasteiger partial charge < -0.3 is 0 Å². The lowest BCUT2D eigenvalue weighted by Gasteiger charge is -2.20. The Morgan fingerprint density at radius 2 is 1.50 bits per heavy atom. The molecule has 86 valence electrons. The summed E-state index contributed by atoms with van der Waals surface area (Å²) in [5, 5.41) is 0.155. The number of halogens is 5. The Labute approximate surface area is 111 Å². The molecule has 0 N–H and O–H groups in total. The van der Waals surface area contributed by atoms with Gasteiger partial charge in [0.25, 0.3) is 0 Å². The van der Waals surface area contributed by atoms with E-state index in [1.165, 1.54) is 0 Å². The third kappa shape index (κ3) is 9.98. The van der Waals surface area contributed by atoms with Crippen molar-refractivity contribution in [1.82, 2.24) is 0 Å². The van der Waals surface area contributed by atoms with E-state index in [1.54, 1.807) is 0 Å². The normalized spacial score (nSPS) is 19.1. The van der Waals surface area contributed by atoms with Crippen molar-refractivity contribution >= 4 is 58.0 Å². The van der Waals surface area contributed by atoms with Crippen molar-refractivity contribution < 1.29 is 0 Å². The van der Waals surface area contributed by atoms with Crippen LogP contribution in [0.1, 0.15) is 33.1 Å². The van der Waals surface area contributed by atoms with E-state index in [0.29, 0.717) is 12.3 Å². The van der Waals surface area contributed by atoms with Crippen LogP contribution in [0.2, 0.25) is 0 Å². The summed E-state index contributed by atoms with van der Waals surface area (Å²) < 4.78 is -1.18. The summed E-state index contributed by atoms with van der Waals surface area (Å²) in [6, 6.07) is 0. The summed E-state index contributed by atoms with van der Waals surface area (Å²) in [6.07, 6.45) is 2.14. The summed E-state index contributed by atoms with van der Waals surface area (Å²) in [7, 11) is 0. The highest BCUT2D eigenvalue weighted by Gasteiger charge is 2.24. The van der Waals surface area contributed by atoms with Crippen LogP contribution in [0.25, 0.3) is 0 Å². The molecule has 0 fully saturated rings. The monoisotopic (exact) mass is 298 g/mol. The number of hydrogen-bond donors (Lipinski definition) is 0. The van der Waals surface area contributed by atoms with Crippen molar-refractivity contribution in [1.29, 1.82) is 0 Å². The van der Waals surface area contributed by atoms with Gasteiger partial charge in [-0.05, 0) is 32.1 Å². The van der Waals surface area contributed by atoms with Crippen LogP contribution >= 0.6 is 58.0 Å². The molecule has 3 atom stereocenters. The fraction of sp³-hybridized carbons (Fsp3) is 1.00. The van der Waals surface area contributed by atoms with E-state index in [4.69, 9.17) is 58.0 Å². The van der Waals surface area contributed by atoms with Crippen LogP contribution in [0.15, 0.2) is 0 Å². The Hall–Kier alpha value is 1.45. The van der Waals surface area contributed by atoms with Crippen molar-refractivity contribution in [3.05, 3.63) is 0 Å². The third-order valence-electron chi connectivity index (χ3n) is 1.82. The van der Waals surface area contributed by atoms with Gasteiger partial charge in [0.15, 0.2) is 3.79 Å². The Balaban J connectivity index is 3.76. The third-order valence-corrected chi connectivity index (χ3v) is 2.82. The minimum atomic E-state index is -1.18. The molecule has 0 heterocycles. The topological polar surface area (TPSA) is 0 Å². The predicted octanol–water partition coefficient (Wildman–Crippen LogP) is 5.40. The molecule has 0 rings (SSSR count). The maximum absolute atomic E-state index is 6.09. The molecule has 0 aromatic carbocycles. The Bertz CT molecular complexity index is 152. The van der Waals surface area contributed by atoms with Crippen LogP contribution < -0.4 is 0 Å². The molecule has 0 aromatic rings. The highest BCUT2D eigenvalue weighted by molar-refractivity contribution is 6.67. The SMILES string of the molecule is CC(Cl)CC(Cl)CC(C)CC(Cl)(Cl)Cl. The van der Waals surface area contributed by atoms with Crippen LogP contribution in [0.3, 0.4) is 0 Å². The summed E-state index contributed by atoms with van der Waals surface area (Å²) in [5.41, 5.74) is 0. The molecule has 3 unspecified atom stereocenters. The quantitative estimate of drug-likeness (QED) is 0.596. The van der Waals surface area contributed by atoms with E-state index >= 15 is 0 Å². The van der Waals surface area contributed by atoms with Gasteiger partial charge in [-0.2, -0.15) is 0 Å². The summed E-state index contributed by atoms with van der Waals surface area (Å²) in [5.74, 6) is 0.292. The van der Waals surface area contributed by atoms with Gasteiger partial charge in [0.2, 0.25) is 0 Å². The summed E-state index contributed by atoms with van der Waals surface area (Å²) in [4.78, 5) is 0. The zero-order valence-corrected chi connectivity index (χ0v) is 12.0. The predicted molar refractivity (Wildman–Crippen MR) is 68.3 cm³/mol. The molecule has 0 bridgehead atoms. The first kappa shape index (κ1) is 15.4. The second kappa shape index (κ2) is 6.91. The van der Waals surface area contributed by atoms with Crippen molar-refractivity contribution in [2.24, 2.45) is 5.92 Å². The first-order valence-corrected chi connectivity index (χ1v) is 6.56. The molecular weight excluding hydrogens is 285 g/mol. The molecule has 0 aliphatic rings. The fourth-order valence-corrected chi connectivity index (χ4v) is 3.03. The zero-order valence-electron chi connectivity index (χ0n) is 8.24. The molecular formula is C9H15Cl5. The average Bonchev–Trinajstić information content (AvgIpc) is 1.77. The lowest BCUT2D eigenvalue weighted by Crippen LogP contribution is -2.15. The lowest BCUT2D eigenvalue weighted by atomic mass is 10.0. The molecule has 0 aliphatic heterocycles. The van der Waals surface area contributed by atoms with Crippen molar-refractivity contribution in [2.45, 2.75) is 47.7 Å². The van der Waals surface area contributed by atoms with E-state index < -0.39 is 3.79 Å².